The predicted octanol–water partition coefficient (Wildman–Crippen LogP) is 2.09. The van der Waals surface area contributed by atoms with Gasteiger partial charge in [-0.3, -0.25) is 4.79 Å². The highest BCUT2D eigenvalue weighted by molar-refractivity contribution is 5.75. The van der Waals surface area contributed by atoms with Crippen molar-refractivity contribution in [2.24, 2.45) is 5.73 Å². The van der Waals surface area contributed by atoms with Gasteiger partial charge in [0.25, 0.3) is 0 Å². The second-order valence-corrected chi connectivity index (χ2v) is 4.67. The average Bonchev–Trinajstić information content (AvgIpc) is 2.39. The van der Waals surface area contributed by atoms with E-state index in [2.05, 4.69) is 6.07 Å². The summed E-state index contributed by atoms with van der Waals surface area (Å²) in [5, 5.41) is 0. The highest BCUT2D eigenvalue weighted by atomic mass is 16.5. The van der Waals surface area contributed by atoms with Crippen LogP contribution in [0.15, 0.2) is 18.2 Å². The van der Waals surface area contributed by atoms with Crippen LogP contribution >= 0.6 is 0 Å². The Bertz CT molecular complexity index is 419. The van der Waals surface area contributed by atoms with E-state index < -0.39 is 0 Å². The van der Waals surface area contributed by atoms with Crippen LogP contribution in [0.1, 0.15) is 30.9 Å². The van der Waals surface area contributed by atoms with Gasteiger partial charge < -0.3 is 15.4 Å². The molecule has 0 aromatic heterocycles. The smallest absolute Gasteiger partial charge is 0.222 e. The minimum Gasteiger partial charge on any atom is -0.494 e. The van der Waals surface area contributed by atoms with Crippen molar-refractivity contribution in [3.05, 3.63) is 29.3 Å². The molecule has 1 amide bonds. The van der Waals surface area contributed by atoms with E-state index in [0.717, 1.165) is 23.3 Å². The van der Waals surface area contributed by atoms with Crippen molar-refractivity contribution < 1.29 is 9.53 Å². The number of carbonyl (C=O) groups is 1. The van der Waals surface area contributed by atoms with Crippen LogP contribution in [0.5, 0.6) is 5.75 Å². The van der Waals surface area contributed by atoms with Crippen LogP contribution in [-0.2, 0) is 11.3 Å². The lowest BCUT2D eigenvalue weighted by Gasteiger charge is -2.18. The Morgan fingerprint density at radius 1 is 1.42 bits per heavy atom. The summed E-state index contributed by atoms with van der Waals surface area (Å²) in [7, 11) is 1.82. The highest BCUT2D eigenvalue weighted by Crippen LogP contribution is 2.20. The first kappa shape index (κ1) is 15.5. The van der Waals surface area contributed by atoms with Crippen molar-refractivity contribution in [3.63, 3.8) is 0 Å². The normalized spacial score (nSPS) is 10.3. The van der Waals surface area contributed by atoms with E-state index in [0.29, 0.717) is 26.1 Å². The maximum Gasteiger partial charge on any atom is 0.222 e. The number of ether oxygens (including phenoxy) is 1. The summed E-state index contributed by atoms with van der Waals surface area (Å²) in [5.41, 5.74) is 7.62. The lowest BCUT2D eigenvalue weighted by molar-refractivity contribution is -0.130. The number of amides is 1. The van der Waals surface area contributed by atoms with E-state index in [-0.39, 0.29) is 5.91 Å². The molecule has 4 heteroatoms. The number of carbonyl (C=O) groups excluding carboxylic acids is 1. The fourth-order valence-corrected chi connectivity index (χ4v) is 1.93. The van der Waals surface area contributed by atoms with E-state index in [1.165, 1.54) is 0 Å². The van der Waals surface area contributed by atoms with Gasteiger partial charge in [0.1, 0.15) is 5.75 Å². The first-order valence-corrected chi connectivity index (χ1v) is 6.74. The van der Waals surface area contributed by atoms with E-state index >= 15 is 0 Å². The third-order valence-electron chi connectivity index (χ3n) is 2.98. The summed E-state index contributed by atoms with van der Waals surface area (Å²) >= 11 is 0. The molecule has 0 aliphatic heterocycles. The lowest BCUT2D eigenvalue weighted by Crippen LogP contribution is -2.26. The van der Waals surface area contributed by atoms with Crippen LogP contribution in [0.25, 0.3) is 0 Å². The van der Waals surface area contributed by atoms with E-state index in [1.807, 2.05) is 33.0 Å². The van der Waals surface area contributed by atoms with Gasteiger partial charge in [-0.25, -0.2) is 0 Å². The van der Waals surface area contributed by atoms with Crippen LogP contribution in [0.3, 0.4) is 0 Å². The van der Waals surface area contributed by atoms with Gasteiger partial charge in [-0.1, -0.05) is 12.1 Å². The molecule has 1 aromatic carbocycles. The Balaban J connectivity index is 2.61. The number of benzene rings is 1. The van der Waals surface area contributed by atoms with Crippen molar-refractivity contribution in [1.82, 2.24) is 4.90 Å². The fraction of sp³-hybridized carbons (Fsp3) is 0.533. The zero-order valence-electron chi connectivity index (χ0n) is 12.1. The van der Waals surface area contributed by atoms with Crippen molar-refractivity contribution in [3.8, 4) is 5.75 Å². The molecule has 0 bridgehead atoms. The topological polar surface area (TPSA) is 55.6 Å². The summed E-state index contributed by atoms with van der Waals surface area (Å²) < 4.78 is 5.50. The Kier molecular flexibility index (Phi) is 6.36. The molecule has 0 heterocycles. The minimum absolute atomic E-state index is 0.136. The second-order valence-electron chi connectivity index (χ2n) is 4.67. The Morgan fingerprint density at radius 3 is 2.74 bits per heavy atom. The molecule has 1 aromatic rings. The molecule has 106 valence electrons. The summed E-state index contributed by atoms with van der Waals surface area (Å²) in [6.45, 7) is 5.83. The Labute approximate surface area is 115 Å². The molecule has 0 atom stereocenters. The molecular formula is C15H24N2O2. The number of aryl methyl sites for hydroxylation is 1. The van der Waals surface area contributed by atoms with Gasteiger partial charge in [-0.2, -0.15) is 0 Å². The highest BCUT2D eigenvalue weighted by Gasteiger charge is 2.09. The number of nitrogens with zero attached hydrogens (tertiary/aromatic N) is 1. The molecule has 0 spiro atoms. The molecule has 0 aliphatic carbocycles. The summed E-state index contributed by atoms with van der Waals surface area (Å²) in [6.07, 6.45) is 1.26. The minimum atomic E-state index is 0.136. The van der Waals surface area contributed by atoms with Gasteiger partial charge in [0, 0.05) is 20.0 Å². The molecule has 4 nitrogen and oxygen atoms in total. The Morgan fingerprint density at radius 2 is 2.16 bits per heavy atom. The zero-order valence-corrected chi connectivity index (χ0v) is 12.1. The molecule has 0 radical (unpaired) electrons. The predicted molar refractivity (Wildman–Crippen MR) is 77.1 cm³/mol. The van der Waals surface area contributed by atoms with Gasteiger partial charge in [0.2, 0.25) is 5.91 Å². The largest absolute Gasteiger partial charge is 0.494 e. The van der Waals surface area contributed by atoms with E-state index in [9.17, 15) is 4.79 Å². The van der Waals surface area contributed by atoms with Gasteiger partial charge >= 0.3 is 0 Å². The van der Waals surface area contributed by atoms with Crippen LogP contribution in [-0.4, -0.2) is 31.0 Å². The molecule has 0 saturated carbocycles. The maximum atomic E-state index is 11.8. The van der Waals surface area contributed by atoms with Crippen LogP contribution in [0.2, 0.25) is 0 Å². The monoisotopic (exact) mass is 264 g/mol. The third kappa shape index (κ3) is 4.91. The fourth-order valence-electron chi connectivity index (χ4n) is 1.93. The molecular weight excluding hydrogens is 240 g/mol. The van der Waals surface area contributed by atoms with Gasteiger partial charge in [-0.15, -0.1) is 0 Å². The first-order valence-electron chi connectivity index (χ1n) is 6.74. The summed E-state index contributed by atoms with van der Waals surface area (Å²) in [5.74, 6) is 1.04. The SMILES string of the molecule is CCOc1ccc(CN(C)C(=O)CCCN)cc1C. The van der Waals surface area contributed by atoms with Crippen LogP contribution < -0.4 is 10.5 Å². The summed E-state index contributed by atoms with van der Waals surface area (Å²) in [6, 6.07) is 6.04. The molecule has 0 fully saturated rings. The molecule has 0 aliphatic rings. The molecule has 0 unspecified atom stereocenters. The van der Waals surface area contributed by atoms with E-state index in [1.54, 1.807) is 4.90 Å². The standard InChI is InChI=1S/C15H24N2O2/c1-4-19-14-8-7-13(10-12(14)2)11-17(3)15(18)6-5-9-16/h7-8,10H,4-6,9,11,16H2,1-3H3. The van der Waals surface area contributed by atoms with Crippen molar-refractivity contribution in [2.45, 2.75) is 33.2 Å². The third-order valence-corrected chi connectivity index (χ3v) is 2.98. The van der Waals surface area contributed by atoms with E-state index in [4.69, 9.17) is 10.5 Å². The van der Waals surface area contributed by atoms with Gasteiger partial charge in [0.15, 0.2) is 0 Å². The number of hydrogen-bond donors (Lipinski definition) is 1. The van der Waals surface area contributed by atoms with Crippen LogP contribution in [0, 0.1) is 6.92 Å². The molecule has 2 N–H and O–H groups in total. The average molecular weight is 264 g/mol. The van der Waals surface area contributed by atoms with Crippen molar-refractivity contribution in [2.75, 3.05) is 20.2 Å². The number of nitrogens with two attached hydrogens (primary N) is 1. The van der Waals surface area contributed by atoms with Gasteiger partial charge in [-0.05, 0) is 44.0 Å². The second kappa shape index (κ2) is 7.79. The molecule has 0 saturated heterocycles. The summed E-state index contributed by atoms with van der Waals surface area (Å²) in [4.78, 5) is 13.5. The maximum absolute atomic E-state index is 11.8. The van der Waals surface area contributed by atoms with Gasteiger partial charge in [0.05, 0.1) is 6.61 Å². The number of rotatable bonds is 7. The zero-order chi connectivity index (χ0) is 14.3. The van der Waals surface area contributed by atoms with Crippen molar-refractivity contribution >= 4 is 5.91 Å². The Hall–Kier alpha value is -1.55. The quantitative estimate of drug-likeness (QED) is 0.820. The number of hydrogen-bond acceptors (Lipinski definition) is 3. The molecule has 1 rings (SSSR count). The first-order chi connectivity index (χ1) is 9.08. The lowest BCUT2D eigenvalue weighted by atomic mass is 10.1. The van der Waals surface area contributed by atoms with Crippen LogP contribution in [0.4, 0.5) is 0 Å². The van der Waals surface area contributed by atoms with Crippen molar-refractivity contribution in [1.29, 1.82) is 0 Å². The molecule has 19 heavy (non-hydrogen) atoms.